The zero-order valence-electron chi connectivity index (χ0n) is 16.2. The zero-order valence-corrected chi connectivity index (χ0v) is 16.2. The Labute approximate surface area is 172 Å². The van der Waals surface area contributed by atoms with Crippen LogP contribution in [0, 0.1) is 6.92 Å². The molecular weight excluding hydrogens is 376 g/mol. The molecule has 0 fully saturated rings. The molecule has 3 heterocycles. The molecule has 30 heavy (non-hydrogen) atoms. The highest BCUT2D eigenvalue weighted by Gasteiger charge is 2.19. The number of fused-ring (bicyclic) bond motifs is 1. The number of hydrogen-bond acceptors (Lipinski definition) is 5. The molecule has 0 spiro atoms. The number of benzene rings is 2. The summed E-state index contributed by atoms with van der Waals surface area (Å²) in [5, 5.41) is 8.18. The second kappa shape index (κ2) is 7.33. The van der Waals surface area contributed by atoms with Gasteiger partial charge in [0, 0.05) is 34.4 Å². The van der Waals surface area contributed by atoms with Gasteiger partial charge in [-0.05, 0) is 42.8 Å². The maximum atomic E-state index is 13.0. The van der Waals surface area contributed by atoms with Crippen LogP contribution in [-0.2, 0) is 0 Å². The Kier molecular flexibility index (Phi) is 4.37. The molecule has 0 aliphatic heterocycles. The van der Waals surface area contributed by atoms with Crippen molar-refractivity contribution in [1.82, 2.24) is 15.1 Å². The summed E-state index contributed by atoms with van der Waals surface area (Å²) in [7, 11) is 0. The van der Waals surface area contributed by atoms with E-state index >= 15 is 0 Å². The van der Waals surface area contributed by atoms with E-state index in [1.54, 1.807) is 12.3 Å². The molecule has 0 aliphatic rings. The number of aromatic amines is 1. The topological polar surface area (TPSA) is 83.8 Å². The molecule has 3 aromatic heterocycles. The first kappa shape index (κ1) is 17.9. The molecule has 5 rings (SSSR count). The smallest absolute Gasteiger partial charge is 0.260 e. The zero-order chi connectivity index (χ0) is 20.5. The summed E-state index contributed by atoms with van der Waals surface area (Å²) in [5.74, 6) is 1.19. The van der Waals surface area contributed by atoms with Crippen LogP contribution in [0.15, 0.2) is 88.3 Å². The lowest BCUT2D eigenvalue weighted by atomic mass is 9.94. The van der Waals surface area contributed by atoms with Crippen molar-refractivity contribution >= 4 is 22.4 Å². The number of anilines is 2. The normalized spacial score (nSPS) is 11.0. The van der Waals surface area contributed by atoms with Crippen LogP contribution in [0.25, 0.3) is 33.4 Å². The van der Waals surface area contributed by atoms with Crippen LogP contribution < -0.4 is 10.9 Å². The summed E-state index contributed by atoms with van der Waals surface area (Å²) < 4.78 is 5.47. The van der Waals surface area contributed by atoms with E-state index < -0.39 is 0 Å². The first-order valence-electron chi connectivity index (χ1n) is 9.56. The van der Waals surface area contributed by atoms with E-state index in [1.807, 2.05) is 73.7 Å². The predicted octanol–water partition coefficient (Wildman–Crippen LogP) is 5.30. The highest BCUT2D eigenvalue weighted by Crippen LogP contribution is 2.36. The van der Waals surface area contributed by atoms with E-state index in [4.69, 9.17) is 4.52 Å². The third kappa shape index (κ3) is 3.24. The summed E-state index contributed by atoms with van der Waals surface area (Å²) >= 11 is 0. The van der Waals surface area contributed by atoms with Gasteiger partial charge in [-0.25, -0.2) is 4.98 Å². The highest BCUT2D eigenvalue weighted by molar-refractivity contribution is 6.02. The molecule has 6 nitrogen and oxygen atoms in total. The minimum atomic E-state index is -0.220. The monoisotopic (exact) mass is 394 g/mol. The van der Waals surface area contributed by atoms with E-state index in [9.17, 15) is 4.79 Å². The first-order valence-corrected chi connectivity index (χ1v) is 9.56. The van der Waals surface area contributed by atoms with Gasteiger partial charge >= 0.3 is 0 Å². The quantitative estimate of drug-likeness (QED) is 0.432. The Balaban J connectivity index is 1.78. The largest absolute Gasteiger partial charge is 0.356 e. The molecule has 6 heteroatoms. The van der Waals surface area contributed by atoms with E-state index in [0.29, 0.717) is 17.0 Å². The number of nitrogens with zero attached hydrogens (tertiary/aromatic N) is 2. The van der Waals surface area contributed by atoms with Gasteiger partial charge in [0.15, 0.2) is 5.76 Å². The maximum Gasteiger partial charge on any atom is 0.260 e. The fraction of sp³-hybridized carbons (Fsp3) is 0.0417. The third-order valence-corrected chi connectivity index (χ3v) is 4.89. The molecule has 0 atom stereocenters. The summed E-state index contributed by atoms with van der Waals surface area (Å²) in [4.78, 5) is 20.3. The van der Waals surface area contributed by atoms with Gasteiger partial charge in [0.05, 0.1) is 11.3 Å². The van der Waals surface area contributed by atoms with Crippen molar-refractivity contribution in [3.63, 3.8) is 0 Å². The van der Waals surface area contributed by atoms with E-state index in [1.165, 1.54) is 0 Å². The fourth-order valence-electron chi connectivity index (χ4n) is 3.58. The third-order valence-electron chi connectivity index (χ3n) is 4.89. The van der Waals surface area contributed by atoms with Crippen LogP contribution in [0.1, 0.15) is 5.69 Å². The van der Waals surface area contributed by atoms with Crippen LogP contribution >= 0.6 is 0 Å². The molecule has 0 bridgehead atoms. The molecule has 0 amide bonds. The van der Waals surface area contributed by atoms with E-state index in [2.05, 4.69) is 20.4 Å². The number of hydrogen-bond donors (Lipinski definition) is 2. The van der Waals surface area contributed by atoms with E-state index in [-0.39, 0.29) is 5.56 Å². The average Bonchev–Trinajstić information content (AvgIpc) is 3.20. The SMILES string of the molecule is Cc1cc(-c2c(-c3ccccc3)c3cc(Nc4ccccn4)ccc3[nH]c2=O)on1. The highest BCUT2D eigenvalue weighted by atomic mass is 16.5. The Bertz CT molecular complexity index is 1390. The van der Waals surface area contributed by atoms with Crippen molar-refractivity contribution in [2.75, 3.05) is 5.32 Å². The second-order valence-corrected chi connectivity index (χ2v) is 7.00. The predicted molar refractivity (Wildman–Crippen MR) is 118 cm³/mol. The van der Waals surface area contributed by atoms with Crippen molar-refractivity contribution in [1.29, 1.82) is 0 Å². The lowest BCUT2D eigenvalue weighted by Gasteiger charge is -2.13. The van der Waals surface area contributed by atoms with Gasteiger partial charge in [0.1, 0.15) is 5.82 Å². The van der Waals surface area contributed by atoms with Crippen molar-refractivity contribution in [2.45, 2.75) is 6.92 Å². The molecule has 0 radical (unpaired) electrons. The molecular formula is C24H18N4O2. The van der Waals surface area contributed by atoms with Gasteiger partial charge in [0.2, 0.25) is 0 Å². The molecule has 0 unspecified atom stereocenters. The molecule has 0 aliphatic carbocycles. The van der Waals surface area contributed by atoms with Crippen LogP contribution in [0.2, 0.25) is 0 Å². The Morgan fingerprint density at radius 1 is 0.933 bits per heavy atom. The molecule has 0 saturated carbocycles. The van der Waals surface area contributed by atoms with Gasteiger partial charge in [-0.1, -0.05) is 41.6 Å². The lowest BCUT2D eigenvalue weighted by molar-refractivity contribution is 0.427. The number of rotatable bonds is 4. The molecule has 2 N–H and O–H groups in total. The standard InChI is InChI=1S/C24H18N4O2/c1-15-13-20(30-28-15)23-22(16-7-3-2-4-8-16)18-14-17(10-11-19(18)27-24(23)29)26-21-9-5-6-12-25-21/h2-14H,1H3,(H,25,26)(H,27,29). The summed E-state index contributed by atoms with van der Waals surface area (Å²) in [6.45, 7) is 1.83. The number of pyridine rings is 2. The molecule has 146 valence electrons. The number of aryl methyl sites for hydroxylation is 1. The van der Waals surface area contributed by atoms with Gasteiger partial charge in [-0.3, -0.25) is 4.79 Å². The van der Waals surface area contributed by atoms with Crippen molar-refractivity contribution in [3.05, 3.63) is 95.0 Å². The number of H-pyrrole nitrogens is 1. The first-order chi connectivity index (χ1) is 14.7. The fourth-order valence-corrected chi connectivity index (χ4v) is 3.58. The average molecular weight is 394 g/mol. The number of aromatic nitrogens is 3. The van der Waals surface area contributed by atoms with Crippen LogP contribution in [-0.4, -0.2) is 15.1 Å². The van der Waals surface area contributed by atoms with E-state index in [0.717, 1.165) is 33.5 Å². The van der Waals surface area contributed by atoms with Gasteiger partial charge in [-0.15, -0.1) is 0 Å². The lowest BCUT2D eigenvalue weighted by Crippen LogP contribution is -2.11. The Morgan fingerprint density at radius 2 is 1.77 bits per heavy atom. The molecule has 5 aromatic rings. The van der Waals surface area contributed by atoms with Crippen molar-refractivity contribution in [3.8, 4) is 22.5 Å². The summed E-state index contributed by atoms with van der Waals surface area (Å²) in [6.07, 6.45) is 1.74. The summed E-state index contributed by atoms with van der Waals surface area (Å²) in [6, 6.07) is 23.1. The van der Waals surface area contributed by atoms with Crippen molar-refractivity contribution < 1.29 is 4.52 Å². The Hall–Kier alpha value is -4.19. The van der Waals surface area contributed by atoms with Crippen LogP contribution in [0.5, 0.6) is 0 Å². The van der Waals surface area contributed by atoms with Crippen molar-refractivity contribution in [2.24, 2.45) is 0 Å². The molecule has 2 aromatic carbocycles. The number of nitrogens with one attached hydrogen (secondary N) is 2. The maximum absolute atomic E-state index is 13.0. The van der Waals surface area contributed by atoms with Crippen LogP contribution in [0.3, 0.4) is 0 Å². The van der Waals surface area contributed by atoms with Gasteiger partial charge < -0.3 is 14.8 Å². The minimum Gasteiger partial charge on any atom is -0.356 e. The summed E-state index contributed by atoms with van der Waals surface area (Å²) in [5.41, 5.74) is 4.29. The van der Waals surface area contributed by atoms with Crippen LogP contribution in [0.4, 0.5) is 11.5 Å². The van der Waals surface area contributed by atoms with Gasteiger partial charge in [-0.2, -0.15) is 0 Å². The van der Waals surface area contributed by atoms with Gasteiger partial charge in [0.25, 0.3) is 5.56 Å². The second-order valence-electron chi connectivity index (χ2n) is 7.00. The molecule has 0 saturated heterocycles. The Morgan fingerprint density at radius 3 is 2.50 bits per heavy atom. The minimum absolute atomic E-state index is 0.220.